The van der Waals surface area contributed by atoms with E-state index < -0.39 is 0 Å². The van der Waals surface area contributed by atoms with Crippen LogP contribution < -0.4 is 0 Å². The van der Waals surface area contributed by atoms with E-state index in [0.717, 1.165) is 44.9 Å². The Hall–Kier alpha value is -15.1. The van der Waals surface area contributed by atoms with Crippen molar-refractivity contribution in [2.24, 2.45) is 0 Å². The van der Waals surface area contributed by atoms with Crippen LogP contribution in [-0.4, -0.2) is 43.6 Å². The fraction of sp³-hybridized carbons (Fsp3) is 0. The molecule has 0 aliphatic heterocycles. The molecular weight excluding hydrogens is 1510 g/mol. The van der Waals surface area contributed by atoms with Crippen molar-refractivity contribution in [1.82, 2.24) is 43.6 Å². The van der Waals surface area contributed by atoms with Crippen LogP contribution in [0.4, 0.5) is 0 Å². The lowest BCUT2D eigenvalue weighted by molar-refractivity contribution is 1.18. The quantitative estimate of drug-likeness (QED) is 0.160. The average Bonchev–Trinajstić information content (AvgIpc) is 1.56. The molecule has 119 heavy (non-hydrogen) atoms. The lowest BCUT2D eigenvalue weighted by Crippen LogP contribution is -1.95. The van der Waals surface area contributed by atoms with Crippen molar-refractivity contribution < 1.29 is 0 Å². The predicted octanol–water partition coefficient (Wildman–Crippen LogP) is 30.2. The van der Waals surface area contributed by atoms with E-state index >= 15 is 0 Å². The van der Waals surface area contributed by atoms with E-state index in [2.05, 4.69) is 349 Å². The monoisotopic (exact) mass is 1570 g/mol. The molecule has 17 aromatic carbocycles. The third-order valence-electron chi connectivity index (χ3n) is 24.6. The molecule has 0 bridgehead atoms. The number of H-pyrrole nitrogens is 3. The van der Waals surface area contributed by atoms with Gasteiger partial charge in [-0.25, -0.2) is 9.97 Å². The first-order valence-electron chi connectivity index (χ1n) is 40.2. The van der Waals surface area contributed by atoms with Gasteiger partial charge in [-0.2, -0.15) is 0 Å². The third-order valence-corrected chi connectivity index (χ3v) is 28.2. The van der Waals surface area contributed by atoms with E-state index in [1.54, 1.807) is 0 Å². The molecule has 0 unspecified atom stereocenters. The lowest BCUT2D eigenvalue weighted by Gasteiger charge is -2.10. The van der Waals surface area contributed by atoms with Gasteiger partial charge in [-0.3, -0.25) is 4.98 Å². The maximum Gasteiger partial charge on any atom is 0.159 e. The second-order valence-corrected chi connectivity index (χ2v) is 34.3. The average molecular weight is 1570 g/mol. The molecule has 11 heterocycles. The molecule has 9 nitrogen and oxygen atoms in total. The number of hydrogen-bond acceptors (Lipinski definition) is 6. The lowest BCUT2D eigenvalue weighted by atomic mass is 10.0. The highest BCUT2D eigenvalue weighted by Gasteiger charge is 2.24. The van der Waals surface area contributed by atoms with Crippen LogP contribution in [-0.2, 0) is 0 Å². The summed E-state index contributed by atoms with van der Waals surface area (Å²) in [5, 5.41) is 26.8. The van der Waals surface area contributed by atoms with Crippen molar-refractivity contribution in [1.29, 1.82) is 0 Å². The van der Waals surface area contributed by atoms with E-state index in [1.807, 2.05) is 82.8 Å². The summed E-state index contributed by atoms with van der Waals surface area (Å²) in [6.45, 7) is 0. The molecule has 0 fully saturated rings. The zero-order valence-corrected chi connectivity index (χ0v) is 66.0. The molecule has 12 heteroatoms. The Morgan fingerprint density at radius 3 is 1.33 bits per heavy atom. The van der Waals surface area contributed by atoms with E-state index in [-0.39, 0.29) is 0 Å². The normalized spacial score (nSPS) is 12.2. The molecular formula is C107H63N9S3. The van der Waals surface area contributed by atoms with Gasteiger partial charge in [-0.05, 0) is 144 Å². The van der Waals surface area contributed by atoms with Crippen molar-refractivity contribution in [2.75, 3.05) is 0 Å². The number of nitrogens with zero attached hydrogens (tertiary/aromatic N) is 6. The number of pyridine rings is 1. The van der Waals surface area contributed by atoms with Crippen LogP contribution >= 0.6 is 34.0 Å². The summed E-state index contributed by atoms with van der Waals surface area (Å²) in [6.07, 6.45) is 3.81. The first kappa shape index (κ1) is 66.3. The fourth-order valence-corrected chi connectivity index (χ4v) is 22.9. The van der Waals surface area contributed by atoms with Crippen LogP contribution in [0, 0.1) is 0 Å². The zero-order valence-electron chi connectivity index (χ0n) is 63.5. The summed E-state index contributed by atoms with van der Waals surface area (Å²) >= 11 is 5.66. The van der Waals surface area contributed by atoms with E-state index in [4.69, 9.17) is 9.97 Å². The number of rotatable bonds is 5. The van der Waals surface area contributed by atoms with Gasteiger partial charge >= 0.3 is 0 Å². The van der Waals surface area contributed by atoms with Crippen molar-refractivity contribution in [3.05, 3.63) is 364 Å². The molecule has 0 amide bonds. The number of aromatic amines is 3. The Morgan fingerprint density at radius 2 is 0.706 bits per heavy atom. The van der Waals surface area contributed by atoms with Crippen LogP contribution in [0.5, 0.6) is 0 Å². The molecule has 3 N–H and O–H groups in total. The molecule has 0 aliphatic carbocycles. The zero-order chi connectivity index (χ0) is 77.7. The summed E-state index contributed by atoms with van der Waals surface area (Å²) in [7, 11) is 0. The van der Waals surface area contributed by atoms with Gasteiger partial charge in [0.2, 0.25) is 0 Å². The van der Waals surface area contributed by atoms with Crippen molar-refractivity contribution in [3.63, 3.8) is 0 Å². The minimum atomic E-state index is 0.744. The number of hydrogen-bond donors (Lipinski definition) is 3. The maximum absolute atomic E-state index is 4.88. The minimum Gasteiger partial charge on any atom is -0.354 e. The molecule has 0 radical (unpaired) electrons. The Kier molecular flexibility index (Phi) is 14.3. The van der Waals surface area contributed by atoms with Gasteiger partial charge in [-0.1, -0.05) is 218 Å². The van der Waals surface area contributed by atoms with Crippen molar-refractivity contribution in [3.8, 4) is 39.7 Å². The summed E-state index contributed by atoms with van der Waals surface area (Å²) < 4.78 is 15.1. The van der Waals surface area contributed by atoms with Gasteiger partial charge < -0.3 is 28.7 Å². The molecule has 0 saturated carbocycles. The van der Waals surface area contributed by atoms with E-state index in [1.165, 1.54) is 208 Å². The molecule has 0 atom stereocenters. The van der Waals surface area contributed by atoms with Crippen LogP contribution in [0.15, 0.2) is 364 Å². The predicted molar refractivity (Wildman–Crippen MR) is 508 cm³/mol. The minimum absolute atomic E-state index is 0.744. The highest BCUT2D eigenvalue weighted by atomic mass is 32.1. The van der Waals surface area contributed by atoms with E-state index in [9.17, 15) is 0 Å². The first-order valence-corrected chi connectivity index (χ1v) is 42.6. The van der Waals surface area contributed by atoms with Crippen LogP contribution in [0.1, 0.15) is 0 Å². The van der Waals surface area contributed by atoms with Crippen molar-refractivity contribution in [2.45, 2.75) is 0 Å². The van der Waals surface area contributed by atoms with Gasteiger partial charge in [0.25, 0.3) is 0 Å². The first-order chi connectivity index (χ1) is 59.0. The van der Waals surface area contributed by atoms with Crippen LogP contribution in [0.25, 0.3) is 253 Å². The number of thiophene rings is 3. The SMILES string of the molecule is c1ccc(-c2ccc3c4cc5c(cc4n(-c4ccc6ccccc6c4)c3c2)sc2c5ccc3c4ccccc4[nH]c32)nc1.c1ccc(-c2ncc3cc(-n4c5ccccc5c5cc6c(cc54)sc4c6ccc5c6ccccc6[nH]c54)ccc3n2)cc1.c1ccc(-n2c3ccccc3c3cc4c(cc32)sc2c4ccc3[nH]c4ccccc4c32)cc1. The molecule has 0 spiro atoms. The Labute approximate surface area is 689 Å². The summed E-state index contributed by atoms with van der Waals surface area (Å²) in [4.78, 5) is 25.3. The second-order valence-electron chi connectivity index (χ2n) is 31.2. The molecule has 554 valence electrons. The highest BCUT2D eigenvalue weighted by Crippen LogP contribution is 2.49. The topological polar surface area (TPSA) is 101 Å². The smallest absolute Gasteiger partial charge is 0.159 e. The molecule has 28 aromatic rings. The van der Waals surface area contributed by atoms with E-state index in [0.29, 0.717) is 0 Å². The molecule has 11 aromatic heterocycles. The summed E-state index contributed by atoms with van der Waals surface area (Å²) in [5.41, 5.74) is 22.1. The largest absolute Gasteiger partial charge is 0.354 e. The number of fused-ring (bicyclic) bond motifs is 32. The van der Waals surface area contributed by atoms with Gasteiger partial charge in [0.05, 0.1) is 64.7 Å². The van der Waals surface area contributed by atoms with Gasteiger partial charge in [0, 0.05) is 184 Å². The van der Waals surface area contributed by atoms with Crippen molar-refractivity contribution >= 4 is 247 Å². The summed E-state index contributed by atoms with van der Waals surface area (Å²) in [6, 6.07) is 127. The van der Waals surface area contributed by atoms with Gasteiger partial charge in [-0.15, -0.1) is 34.0 Å². The highest BCUT2D eigenvalue weighted by molar-refractivity contribution is 7.27. The maximum atomic E-state index is 4.88. The summed E-state index contributed by atoms with van der Waals surface area (Å²) in [5.74, 6) is 0.744. The molecule has 0 saturated heterocycles. The number of aromatic nitrogens is 9. The fourth-order valence-electron chi connectivity index (χ4n) is 19.2. The Bertz CT molecular complexity index is 9150. The Balaban J connectivity index is 0.0000000978. The standard InChI is InChI=1S/C39H23N3S.C38H22N4S.C30H18N2S/c1-2-8-24-19-26(14-12-23(24)7-1)42-35-20-25(33-10-5-6-18-40-33)13-15-28(35)31-21-32-30-17-16-29-27-9-3-4-11-34(27)41-38(29)39(30)43-37(32)22-36(31)42;1-2-8-22(9-3-1)38-39-21-23-18-24(14-17-31(23)41-38)42-33-13-7-5-11-26(33)29-19-30-28-16-15-27-25-10-4-6-12-32(25)40-36(27)37(28)43-35(30)20-34(29)42;1-2-8-18(9-3-1)32-26-13-7-5-10-19(26)22-16-23-20-14-15-25-29(21-11-4-6-12-24(21)31-25)30(20)33-28(23)17-27(22)32/h1-22,41H;1-21,40H;1-17,31H. The van der Waals surface area contributed by atoms with Gasteiger partial charge in [0.1, 0.15) is 0 Å². The third kappa shape index (κ3) is 10.1. The number of nitrogens with one attached hydrogen (secondary N) is 3. The molecule has 28 rings (SSSR count). The van der Waals surface area contributed by atoms with Crippen LogP contribution in [0.3, 0.4) is 0 Å². The number of benzene rings is 17. The molecule has 0 aliphatic rings. The second kappa shape index (κ2) is 25.7. The number of para-hydroxylation sites is 6. The van der Waals surface area contributed by atoms with Gasteiger partial charge in [0.15, 0.2) is 5.82 Å². The Morgan fingerprint density at radius 1 is 0.244 bits per heavy atom. The van der Waals surface area contributed by atoms with Crippen LogP contribution in [0.2, 0.25) is 0 Å².